The number of fused-ring (bicyclic) bond motifs is 1. The molecule has 0 aliphatic heterocycles. The van der Waals surface area contributed by atoms with E-state index in [1.54, 1.807) is 6.07 Å². The molecule has 1 aromatic carbocycles. The summed E-state index contributed by atoms with van der Waals surface area (Å²) in [6.07, 6.45) is 2.25. The number of rotatable bonds is 4. The molecule has 1 fully saturated rings. The van der Waals surface area contributed by atoms with Crippen LogP contribution in [0.2, 0.25) is 5.02 Å². The van der Waals surface area contributed by atoms with Gasteiger partial charge in [0, 0.05) is 6.04 Å². The fraction of sp³-hybridized carbons (Fsp3) is 0.333. The summed E-state index contributed by atoms with van der Waals surface area (Å²) in [6, 6.07) is 6.14. The second-order valence-corrected chi connectivity index (χ2v) is 5.64. The summed E-state index contributed by atoms with van der Waals surface area (Å²) in [7, 11) is 0. The molecule has 0 unspecified atom stereocenters. The zero-order valence-electron chi connectivity index (χ0n) is 9.47. The van der Waals surface area contributed by atoms with Crippen LogP contribution in [0.4, 0.5) is 0 Å². The van der Waals surface area contributed by atoms with Crippen LogP contribution in [0.3, 0.4) is 0 Å². The smallest absolute Gasteiger partial charge is 0.313 e. The zero-order chi connectivity index (χ0) is 12.7. The van der Waals surface area contributed by atoms with E-state index >= 15 is 0 Å². The predicted molar refractivity (Wildman–Crippen MR) is 71.4 cm³/mol. The van der Waals surface area contributed by atoms with Crippen LogP contribution in [0.1, 0.15) is 18.9 Å². The van der Waals surface area contributed by atoms with Gasteiger partial charge in [0.05, 0.1) is 16.3 Å². The first kappa shape index (κ1) is 11.9. The molecule has 1 saturated carbocycles. The highest BCUT2D eigenvalue weighted by Gasteiger charge is 2.29. The van der Waals surface area contributed by atoms with Gasteiger partial charge in [-0.25, -0.2) is 4.98 Å². The van der Waals surface area contributed by atoms with Crippen molar-refractivity contribution in [2.75, 3.05) is 5.75 Å². The summed E-state index contributed by atoms with van der Waals surface area (Å²) >= 11 is 7.38. The van der Waals surface area contributed by atoms with Gasteiger partial charge in [0.1, 0.15) is 5.52 Å². The number of carbonyl (C=O) groups is 1. The SMILES string of the molecule is O=C(O)CSc1nc2c(Cl)cccc2n1C1CC1. The number of aromatic nitrogens is 2. The van der Waals surface area contributed by atoms with Gasteiger partial charge in [0.2, 0.25) is 0 Å². The third kappa shape index (κ3) is 2.08. The van der Waals surface area contributed by atoms with Crippen LogP contribution in [-0.2, 0) is 4.79 Å². The molecular formula is C12H11ClN2O2S. The summed E-state index contributed by atoms with van der Waals surface area (Å²) in [5.74, 6) is -0.811. The van der Waals surface area contributed by atoms with Gasteiger partial charge in [-0.05, 0) is 25.0 Å². The molecular weight excluding hydrogens is 272 g/mol. The number of imidazole rings is 1. The molecule has 3 rings (SSSR count). The number of halogens is 1. The average molecular weight is 283 g/mol. The van der Waals surface area contributed by atoms with Gasteiger partial charge < -0.3 is 9.67 Å². The Balaban J connectivity index is 2.08. The van der Waals surface area contributed by atoms with Crippen LogP contribution in [0, 0.1) is 0 Å². The number of nitrogens with zero attached hydrogens (tertiary/aromatic N) is 2. The van der Waals surface area contributed by atoms with E-state index in [1.165, 1.54) is 11.8 Å². The first-order valence-electron chi connectivity index (χ1n) is 5.68. The molecule has 0 saturated heterocycles. The molecule has 0 radical (unpaired) electrons. The Morgan fingerprint density at radius 1 is 1.56 bits per heavy atom. The van der Waals surface area contributed by atoms with Crippen molar-refractivity contribution in [3.8, 4) is 0 Å². The second kappa shape index (κ2) is 4.48. The van der Waals surface area contributed by atoms with Crippen molar-refractivity contribution in [2.45, 2.75) is 24.0 Å². The Morgan fingerprint density at radius 2 is 2.33 bits per heavy atom. The van der Waals surface area contributed by atoms with E-state index in [0.29, 0.717) is 11.1 Å². The van der Waals surface area contributed by atoms with Crippen molar-refractivity contribution in [3.63, 3.8) is 0 Å². The summed E-state index contributed by atoms with van der Waals surface area (Å²) in [5, 5.41) is 10.1. The van der Waals surface area contributed by atoms with Crippen LogP contribution < -0.4 is 0 Å². The number of benzene rings is 1. The second-order valence-electron chi connectivity index (χ2n) is 4.29. The zero-order valence-corrected chi connectivity index (χ0v) is 11.0. The van der Waals surface area contributed by atoms with Crippen LogP contribution in [0.25, 0.3) is 11.0 Å². The lowest BCUT2D eigenvalue weighted by Crippen LogP contribution is -2.01. The van der Waals surface area contributed by atoms with Crippen LogP contribution in [-0.4, -0.2) is 26.4 Å². The summed E-state index contributed by atoms with van der Waals surface area (Å²) in [6.45, 7) is 0. The molecule has 1 N–H and O–H groups in total. The third-order valence-electron chi connectivity index (χ3n) is 2.88. The molecule has 0 spiro atoms. The standard InChI is InChI=1S/C12H11ClN2O2S/c13-8-2-1-3-9-11(8)14-12(18-6-10(16)17)15(9)7-4-5-7/h1-3,7H,4-6H2,(H,16,17). The molecule has 0 atom stereocenters. The minimum absolute atomic E-state index is 0.0215. The van der Waals surface area contributed by atoms with E-state index in [4.69, 9.17) is 16.7 Å². The van der Waals surface area contributed by atoms with Gasteiger partial charge in [-0.15, -0.1) is 0 Å². The number of carboxylic acid groups (broad SMARTS) is 1. The van der Waals surface area contributed by atoms with Crippen LogP contribution >= 0.6 is 23.4 Å². The quantitative estimate of drug-likeness (QED) is 0.875. The third-order valence-corrected chi connectivity index (χ3v) is 4.12. The predicted octanol–water partition coefficient (Wildman–Crippen LogP) is 3.20. The molecule has 0 amide bonds. The molecule has 6 heteroatoms. The highest BCUT2D eigenvalue weighted by atomic mass is 35.5. The van der Waals surface area contributed by atoms with Gasteiger partial charge in [-0.1, -0.05) is 29.4 Å². The molecule has 1 aliphatic carbocycles. The minimum Gasteiger partial charge on any atom is -0.481 e. The highest BCUT2D eigenvalue weighted by molar-refractivity contribution is 7.99. The lowest BCUT2D eigenvalue weighted by atomic mass is 10.3. The number of hydrogen-bond acceptors (Lipinski definition) is 3. The van der Waals surface area contributed by atoms with Crippen molar-refractivity contribution in [3.05, 3.63) is 23.2 Å². The summed E-state index contributed by atoms with van der Waals surface area (Å²) < 4.78 is 2.12. The van der Waals surface area contributed by atoms with Crippen molar-refractivity contribution in [2.24, 2.45) is 0 Å². The number of aliphatic carboxylic acids is 1. The minimum atomic E-state index is -0.833. The average Bonchev–Trinajstić information content (AvgIpc) is 3.08. The normalized spacial score (nSPS) is 15.2. The monoisotopic (exact) mass is 282 g/mol. The molecule has 2 aromatic rings. The van der Waals surface area contributed by atoms with Gasteiger partial charge in [-0.2, -0.15) is 0 Å². The van der Waals surface area contributed by atoms with E-state index in [2.05, 4.69) is 9.55 Å². The van der Waals surface area contributed by atoms with Crippen molar-refractivity contribution in [1.29, 1.82) is 0 Å². The number of para-hydroxylation sites is 1. The Hall–Kier alpha value is -1.20. The van der Waals surface area contributed by atoms with Gasteiger partial charge in [-0.3, -0.25) is 4.79 Å². The number of carboxylic acids is 1. The first-order valence-corrected chi connectivity index (χ1v) is 7.04. The molecule has 4 nitrogen and oxygen atoms in total. The van der Waals surface area contributed by atoms with Crippen LogP contribution in [0.5, 0.6) is 0 Å². The Morgan fingerprint density at radius 3 is 3.00 bits per heavy atom. The van der Waals surface area contributed by atoms with Gasteiger partial charge in [0.15, 0.2) is 5.16 Å². The van der Waals surface area contributed by atoms with Gasteiger partial charge in [0.25, 0.3) is 0 Å². The van der Waals surface area contributed by atoms with E-state index in [0.717, 1.165) is 29.0 Å². The maximum atomic E-state index is 10.7. The largest absolute Gasteiger partial charge is 0.481 e. The summed E-state index contributed by atoms with van der Waals surface area (Å²) in [4.78, 5) is 15.1. The maximum Gasteiger partial charge on any atom is 0.313 e. The molecule has 0 bridgehead atoms. The Bertz CT molecular complexity index is 622. The maximum absolute atomic E-state index is 10.7. The lowest BCUT2D eigenvalue weighted by molar-refractivity contribution is -0.133. The first-order chi connectivity index (χ1) is 8.66. The van der Waals surface area contributed by atoms with E-state index in [-0.39, 0.29) is 5.75 Å². The molecule has 1 aliphatic rings. The highest BCUT2D eigenvalue weighted by Crippen LogP contribution is 2.41. The van der Waals surface area contributed by atoms with E-state index in [9.17, 15) is 4.79 Å². The fourth-order valence-electron chi connectivity index (χ4n) is 1.98. The fourth-order valence-corrected chi connectivity index (χ4v) is 2.98. The Kier molecular flexibility index (Phi) is 2.95. The summed E-state index contributed by atoms with van der Waals surface area (Å²) in [5.41, 5.74) is 1.76. The number of hydrogen-bond donors (Lipinski definition) is 1. The van der Waals surface area contributed by atoms with Crippen molar-refractivity contribution >= 4 is 40.4 Å². The van der Waals surface area contributed by atoms with Crippen molar-refractivity contribution in [1.82, 2.24) is 9.55 Å². The molecule has 1 aromatic heterocycles. The molecule has 18 heavy (non-hydrogen) atoms. The van der Waals surface area contributed by atoms with E-state index in [1.807, 2.05) is 12.1 Å². The van der Waals surface area contributed by atoms with Gasteiger partial charge >= 0.3 is 5.97 Å². The van der Waals surface area contributed by atoms with E-state index < -0.39 is 5.97 Å². The topological polar surface area (TPSA) is 55.1 Å². The number of thioether (sulfide) groups is 1. The molecule has 94 valence electrons. The molecule has 1 heterocycles. The van der Waals surface area contributed by atoms with Crippen LogP contribution in [0.15, 0.2) is 23.4 Å². The Labute approximate surface area is 113 Å². The van der Waals surface area contributed by atoms with Crippen molar-refractivity contribution < 1.29 is 9.90 Å². The lowest BCUT2D eigenvalue weighted by Gasteiger charge is -2.05.